The number of carbonyl (C=O) groups is 3. The van der Waals surface area contributed by atoms with E-state index in [0.29, 0.717) is 58.0 Å². The van der Waals surface area contributed by atoms with Crippen LogP contribution in [0, 0.1) is 0 Å². The van der Waals surface area contributed by atoms with Crippen molar-refractivity contribution >= 4 is 17.7 Å². The molecule has 0 bridgehead atoms. The molecule has 0 aromatic carbocycles. The summed E-state index contributed by atoms with van der Waals surface area (Å²) in [6, 6.07) is 0. The monoisotopic (exact) mass is 487 g/mol. The Morgan fingerprint density at radius 3 is 1.68 bits per heavy atom. The topological polar surface area (TPSA) is 111 Å². The van der Waals surface area contributed by atoms with Gasteiger partial charge in [-0.3, -0.25) is 14.4 Å². The van der Waals surface area contributed by atoms with Gasteiger partial charge < -0.3 is 24.6 Å². The molecular formula is C26H49NO7. The quantitative estimate of drug-likeness (QED) is 0.162. The van der Waals surface area contributed by atoms with E-state index in [1.54, 1.807) is 7.11 Å². The molecule has 200 valence electrons. The van der Waals surface area contributed by atoms with Crippen LogP contribution in [0.25, 0.3) is 0 Å². The van der Waals surface area contributed by atoms with Crippen molar-refractivity contribution in [3.8, 4) is 0 Å². The Kier molecular flexibility index (Phi) is 24.9. The van der Waals surface area contributed by atoms with E-state index in [4.69, 9.17) is 19.3 Å². The van der Waals surface area contributed by atoms with Gasteiger partial charge in [0, 0.05) is 39.5 Å². The van der Waals surface area contributed by atoms with Crippen LogP contribution in [0.15, 0.2) is 0 Å². The minimum absolute atomic E-state index is 0.0170. The molecule has 34 heavy (non-hydrogen) atoms. The summed E-state index contributed by atoms with van der Waals surface area (Å²) in [6.07, 6.45) is 16.1. The first-order chi connectivity index (χ1) is 16.6. The number of ketones is 1. The fourth-order valence-electron chi connectivity index (χ4n) is 3.59. The van der Waals surface area contributed by atoms with Crippen LogP contribution in [0.1, 0.15) is 103 Å². The van der Waals surface area contributed by atoms with Crippen molar-refractivity contribution in [2.24, 2.45) is 0 Å². The molecule has 8 heteroatoms. The predicted molar refractivity (Wildman–Crippen MR) is 133 cm³/mol. The number of nitrogens with one attached hydrogen (secondary N) is 1. The first-order valence-electron chi connectivity index (χ1n) is 13.2. The number of amides is 1. The minimum atomic E-state index is -0.688. The van der Waals surface area contributed by atoms with Crippen LogP contribution >= 0.6 is 0 Å². The average molecular weight is 488 g/mol. The Balaban J connectivity index is 3.23. The molecular weight excluding hydrogens is 438 g/mol. The Morgan fingerprint density at radius 1 is 0.618 bits per heavy atom. The van der Waals surface area contributed by atoms with Crippen molar-refractivity contribution in [1.82, 2.24) is 5.32 Å². The lowest BCUT2D eigenvalue weighted by molar-refractivity contribution is -0.137. The predicted octanol–water partition coefficient (Wildman–Crippen LogP) is 4.68. The summed E-state index contributed by atoms with van der Waals surface area (Å²) in [7, 11) is 1.58. The van der Waals surface area contributed by atoms with Gasteiger partial charge in [-0.25, -0.2) is 0 Å². The summed E-state index contributed by atoms with van der Waals surface area (Å²) in [5, 5.41) is 11.3. The van der Waals surface area contributed by atoms with E-state index in [2.05, 4.69) is 5.32 Å². The Morgan fingerprint density at radius 2 is 1.12 bits per heavy atom. The highest BCUT2D eigenvalue weighted by molar-refractivity contribution is 5.78. The molecule has 0 fully saturated rings. The fourth-order valence-corrected chi connectivity index (χ4v) is 3.59. The van der Waals surface area contributed by atoms with Gasteiger partial charge in [0.05, 0.1) is 19.8 Å². The molecule has 0 saturated carbocycles. The number of ether oxygens (including phenoxy) is 3. The van der Waals surface area contributed by atoms with Crippen LogP contribution in [0.5, 0.6) is 0 Å². The van der Waals surface area contributed by atoms with Gasteiger partial charge in [-0.05, 0) is 19.3 Å². The van der Waals surface area contributed by atoms with Crippen molar-refractivity contribution < 1.29 is 33.7 Å². The van der Waals surface area contributed by atoms with E-state index in [1.165, 1.54) is 44.9 Å². The zero-order valence-electron chi connectivity index (χ0n) is 21.5. The van der Waals surface area contributed by atoms with Crippen molar-refractivity contribution in [1.29, 1.82) is 0 Å². The molecule has 0 aromatic heterocycles. The fraction of sp³-hybridized carbons (Fsp3) is 0.885. The number of aliphatic carboxylic acids is 1. The van der Waals surface area contributed by atoms with Gasteiger partial charge in [-0.2, -0.15) is 0 Å². The summed E-state index contributed by atoms with van der Waals surface area (Å²) in [4.78, 5) is 33.8. The minimum Gasteiger partial charge on any atom is -0.481 e. The van der Waals surface area contributed by atoms with Crippen LogP contribution in [0.4, 0.5) is 0 Å². The second kappa shape index (κ2) is 26.1. The molecule has 1 amide bonds. The largest absolute Gasteiger partial charge is 0.481 e. The normalized spacial score (nSPS) is 11.0. The van der Waals surface area contributed by atoms with Gasteiger partial charge in [0.25, 0.3) is 0 Å². The van der Waals surface area contributed by atoms with Gasteiger partial charge >= 0.3 is 5.97 Å². The molecule has 0 atom stereocenters. The maximum absolute atomic E-state index is 11.9. The summed E-state index contributed by atoms with van der Waals surface area (Å²) in [6.45, 7) is 2.30. The van der Waals surface area contributed by atoms with Crippen LogP contribution in [-0.4, -0.2) is 69.5 Å². The highest BCUT2D eigenvalue weighted by Crippen LogP contribution is 2.13. The lowest BCUT2D eigenvalue weighted by Gasteiger charge is -2.07. The average Bonchev–Trinajstić information content (AvgIpc) is 2.81. The number of hydrogen-bond donors (Lipinski definition) is 2. The summed E-state index contributed by atoms with van der Waals surface area (Å²) >= 11 is 0. The second-order valence-corrected chi connectivity index (χ2v) is 8.79. The summed E-state index contributed by atoms with van der Waals surface area (Å²) in [5.41, 5.74) is 0. The molecule has 0 rings (SSSR count). The summed E-state index contributed by atoms with van der Waals surface area (Å²) in [5.74, 6) is -0.539. The standard InChI is InChI=1S/C26H49NO7/c1-32-20-18-27-25(29)23-34-22-21-33-19-14-16-24(28)15-12-10-8-6-4-2-3-5-7-9-11-13-17-26(30)31/h2-23H2,1H3,(H,27,29)(H,30,31). The van der Waals surface area contributed by atoms with Crippen LogP contribution in [-0.2, 0) is 28.6 Å². The van der Waals surface area contributed by atoms with Crippen LogP contribution in [0.2, 0.25) is 0 Å². The molecule has 0 spiro atoms. The third kappa shape index (κ3) is 26.7. The number of hydrogen-bond acceptors (Lipinski definition) is 6. The lowest BCUT2D eigenvalue weighted by Crippen LogP contribution is -2.30. The number of carboxylic acid groups (broad SMARTS) is 1. The number of unbranched alkanes of at least 4 members (excludes halogenated alkanes) is 11. The number of Topliss-reactive ketones (excluding diaryl/α,β-unsaturated/α-hetero) is 1. The number of carbonyl (C=O) groups excluding carboxylic acids is 2. The second-order valence-electron chi connectivity index (χ2n) is 8.79. The first-order valence-corrected chi connectivity index (χ1v) is 13.2. The molecule has 0 unspecified atom stereocenters. The van der Waals surface area contributed by atoms with Gasteiger partial charge in [0.1, 0.15) is 12.4 Å². The highest BCUT2D eigenvalue weighted by atomic mass is 16.5. The zero-order valence-corrected chi connectivity index (χ0v) is 21.5. The Bertz CT molecular complexity index is 500. The molecule has 0 aliphatic rings. The first kappa shape index (κ1) is 32.5. The van der Waals surface area contributed by atoms with E-state index in [9.17, 15) is 14.4 Å². The van der Waals surface area contributed by atoms with Gasteiger partial charge in [-0.1, -0.05) is 64.2 Å². The van der Waals surface area contributed by atoms with E-state index in [1.807, 2.05) is 0 Å². The molecule has 0 heterocycles. The number of methoxy groups -OCH3 is 1. The van der Waals surface area contributed by atoms with Crippen LogP contribution < -0.4 is 5.32 Å². The van der Waals surface area contributed by atoms with Gasteiger partial charge in [-0.15, -0.1) is 0 Å². The third-order valence-electron chi connectivity index (χ3n) is 5.57. The summed E-state index contributed by atoms with van der Waals surface area (Å²) < 4.78 is 15.5. The van der Waals surface area contributed by atoms with Gasteiger partial charge in [0.15, 0.2) is 0 Å². The molecule has 8 nitrogen and oxygen atoms in total. The van der Waals surface area contributed by atoms with Crippen molar-refractivity contribution in [2.75, 3.05) is 46.7 Å². The van der Waals surface area contributed by atoms with Crippen LogP contribution in [0.3, 0.4) is 0 Å². The highest BCUT2D eigenvalue weighted by Gasteiger charge is 2.03. The Hall–Kier alpha value is -1.51. The van der Waals surface area contributed by atoms with Crippen molar-refractivity contribution in [2.45, 2.75) is 103 Å². The molecule has 2 N–H and O–H groups in total. The molecule has 0 saturated heterocycles. The molecule has 0 aliphatic heterocycles. The molecule has 0 aromatic rings. The maximum Gasteiger partial charge on any atom is 0.303 e. The number of rotatable bonds is 27. The van der Waals surface area contributed by atoms with E-state index < -0.39 is 5.97 Å². The molecule has 0 aliphatic carbocycles. The maximum atomic E-state index is 11.9. The van der Waals surface area contributed by atoms with E-state index in [-0.39, 0.29) is 12.5 Å². The zero-order chi connectivity index (χ0) is 25.1. The van der Waals surface area contributed by atoms with E-state index in [0.717, 1.165) is 38.5 Å². The lowest BCUT2D eigenvalue weighted by atomic mass is 10.0. The third-order valence-corrected chi connectivity index (χ3v) is 5.57. The van der Waals surface area contributed by atoms with Gasteiger partial charge in [0.2, 0.25) is 5.91 Å². The van der Waals surface area contributed by atoms with Crippen molar-refractivity contribution in [3.63, 3.8) is 0 Å². The molecule has 0 radical (unpaired) electrons. The van der Waals surface area contributed by atoms with Crippen molar-refractivity contribution in [3.05, 3.63) is 0 Å². The number of carboxylic acids is 1. The SMILES string of the molecule is COCCNC(=O)COCCOCCCC(=O)CCCCCCCCCCCCCCC(=O)O. The Labute approximate surface area is 206 Å². The van der Waals surface area contributed by atoms with E-state index >= 15 is 0 Å². The smallest absolute Gasteiger partial charge is 0.303 e.